The maximum atomic E-state index is 12.5. The van der Waals surface area contributed by atoms with Crippen LogP contribution in [-0.4, -0.2) is 39.9 Å². The first kappa shape index (κ1) is 19.6. The molecule has 1 aliphatic rings. The molecule has 6 nitrogen and oxygen atoms in total. The van der Waals surface area contributed by atoms with Gasteiger partial charge in [0.25, 0.3) is 5.91 Å². The van der Waals surface area contributed by atoms with E-state index in [-0.39, 0.29) is 11.3 Å². The summed E-state index contributed by atoms with van der Waals surface area (Å²) >= 11 is 0. The van der Waals surface area contributed by atoms with Crippen LogP contribution in [-0.2, 0) is 12.0 Å². The van der Waals surface area contributed by atoms with Crippen LogP contribution in [0.4, 0.5) is 0 Å². The SMILES string of the molecule is CC(C)(C)c1ccc2oc(CNC3CCN(C(=O)c4cccnc4)CC3)nc2c1. The highest BCUT2D eigenvalue weighted by Gasteiger charge is 2.24. The van der Waals surface area contributed by atoms with Crippen molar-refractivity contribution in [2.45, 2.75) is 51.6 Å². The minimum atomic E-state index is 0.0603. The number of nitrogens with zero attached hydrogens (tertiary/aromatic N) is 3. The zero-order chi connectivity index (χ0) is 20.4. The zero-order valence-electron chi connectivity index (χ0n) is 17.3. The molecule has 6 heteroatoms. The van der Waals surface area contributed by atoms with Crippen LogP contribution < -0.4 is 5.32 Å². The Labute approximate surface area is 171 Å². The summed E-state index contributed by atoms with van der Waals surface area (Å²) in [4.78, 5) is 23.1. The molecule has 1 aromatic carbocycles. The number of amides is 1. The van der Waals surface area contributed by atoms with Crippen LogP contribution in [0.3, 0.4) is 0 Å². The van der Waals surface area contributed by atoms with E-state index >= 15 is 0 Å². The lowest BCUT2D eigenvalue weighted by molar-refractivity contribution is 0.0703. The minimum Gasteiger partial charge on any atom is -0.439 e. The van der Waals surface area contributed by atoms with Gasteiger partial charge in [0.1, 0.15) is 5.52 Å². The van der Waals surface area contributed by atoms with Crippen LogP contribution in [0.1, 0.15) is 55.4 Å². The van der Waals surface area contributed by atoms with E-state index in [0.29, 0.717) is 24.0 Å². The normalized spacial score (nSPS) is 15.8. The van der Waals surface area contributed by atoms with Gasteiger partial charge >= 0.3 is 0 Å². The van der Waals surface area contributed by atoms with Gasteiger partial charge in [0.05, 0.1) is 12.1 Å². The Kier molecular flexibility index (Phi) is 5.37. The van der Waals surface area contributed by atoms with Gasteiger partial charge in [0.2, 0.25) is 5.89 Å². The van der Waals surface area contributed by atoms with Crippen molar-refractivity contribution in [1.82, 2.24) is 20.2 Å². The maximum Gasteiger partial charge on any atom is 0.255 e. The second-order valence-corrected chi connectivity index (χ2v) is 8.73. The Hall–Kier alpha value is -2.73. The van der Waals surface area contributed by atoms with Gasteiger partial charge in [-0.25, -0.2) is 4.98 Å². The highest BCUT2D eigenvalue weighted by atomic mass is 16.3. The van der Waals surface area contributed by atoms with Gasteiger partial charge in [-0.2, -0.15) is 0 Å². The number of carbonyl (C=O) groups is 1. The summed E-state index contributed by atoms with van der Waals surface area (Å²) < 4.78 is 5.90. The predicted molar refractivity (Wildman–Crippen MR) is 113 cm³/mol. The van der Waals surface area contributed by atoms with Gasteiger partial charge in [-0.3, -0.25) is 9.78 Å². The Morgan fingerprint density at radius 3 is 2.72 bits per heavy atom. The third-order valence-electron chi connectivity index (χ3n) is 5.53. The summed E-state index contributed by atoms with van der Waals surface area (Å²) in [5.74, 6) is 0.769. The largest absolute Gasteiger partial charge is 0.439 e. The Morgan fingerprint density at radius 1 is 1.24 bits per heavy atom. The Morgan fingerprint density at radius 2 is 2.03 bits per heavy atom. The van der Waals surface area contributed by atoms with E-state index in [9.17, 15) is 4.79 Å². The molecule has 4 rings (SSSR count). The number of likely N-dealkylation sites (tertiary alicyclic amines) is 1. The number of piperidine rings is 1. The van der Waals surface area contributed by atoms with Crippen LogP contribution in [0.2, 0.25) is 0 Å². The lowest BCUT2D eigenvalue weighted by Gasteiger charge is -2.32. The monoisotopic (exact) mass is 392 g/mol. The predicted octanol–water partition coefficient (Wildman–Crippen LogP) is 3.91. The summed E-state index contributed by atoms with van der Waals surface area (Å²) in [6, 6.07) is 10.2. The molecule has 2 aromatic heterocycles. The average Bonchev–Trinajstić information content (AvgIpc) is 3.14. The van der Waals surface area contributed by atoms with E-state index in [1.54, 1.807) is 18.5 Å². The molecule has 1 aliphatic heterocycles. The average molecular weight is 393 g/mol. The maximum absolute atomic E-state index is 12.5. The van der Waals surface area contributed by atoms with E-state index in [4.69, 9.17) is 4.42 Å². The molecule has 1 saturated heterocycles. The van der Waals surface area contributed by atoms with Crippen molar-refractivity contribution in [3.8, 4) is 0 Å². The highest BCUT2D eigenvalue weighted by molar-refractivity contribution is 5.93. The number of pyridine rings is 1. The van der Waals surface area contributed by atoms with E-state index in [1.165, 1.54) is 5.56 Å². The molecule has 0 aliphatic carbocycles. The van der Waals surface area contributed by atoms with Crippen LogP contribution >= 0.6 is 0 Å². The van der Waals surface area contributed by atoms with Crippen molar-refractivity contribution < 1.29 is 9.21 Å². The standard InChI is InChI=1S/C23H28N4O2/c1-23(2,3)17-6-7-20-19(13-17)26-21(29-20)15-25-18-8-11-27(12-9-18)22(28)16-5-4-10-24-14-16/h4-7,10,13-14,18,25H,8-9,11-12,15H2,1-3H3. The second kappa shape index (κ2) is 7.95. The number of benzene rings is 1. The Bertz CT molecular complexity index is 983. The van der Waals surface area contributed by atoms with Gasteiger partial charge in [0, 0.05) is 31.5 Å². The summed E-state index contributed by atoms with van der Waals surface area (Å²) in [5, 5.41) is 3.54. The molecule has 0 bridgehead atoms. The molecule has 1 fully saturated rings. The molecule has 3 aromatic rings. The topological polar surface area (TPSA) is 71.3 Å². The van der Waals surface area contributed by atoms with Crippen LogP contribution in [0.15, 0.2) is 47.1 Å². The third-order valence-corrected chi connectivity index (χ3v) is 5.53. The van der Waals surface area contributed by atoms with Crippen molar-refractivity contribution in [3.63, 3.8) is 0 Å². The van der Waals surface area contributed by atoms with E-state index < -0.39 is 0 Å². The number of hydrogen-bond acceptors (Lipinski definition) is 5. The van der Waals surface area contributed by atoms with Crippen molar-refractivity contribution in [3.05, 3.63) is 59.7 Å². The second-order valence-electron chi connectivity index (χ2n) is 8.73. The molecule has 152 valence electrons. The fourth-order valence-electron chi connectivity index (χ4n) is 3.71. The first-order valence-corrected chi connectivity index (χ1v) is 10.2. The van der Waals surface area contributed by atoms with Gasteiger partial charge in [-0.05, 0) is 48.1 Å². The minimum absolute atomic E-state index is 0.0603. The molecule has 0 atom stereocenters. The van der Waals surface area contributed by atoms with Crippen molar-refractivity contribution in [2.75, 3.05) is 13.1 Å². The summed E-state index contributed by atoms with van der Waals surface area (Å²) in [6.45, 7) is 8.68. The molecular weight excluding hydrogens is 364 g/mol. The van der Waals surface area contributed by atoms with Crippen LogP contribution in [0.5, 0.6) is 0 Å². The number of oxazole rings is 1. The van der Waals surface area contributed by atoms with Crippen LogP contribution in [0, 0.1) is 0 Å². The fraction of sp³-hybridized carbons (Fsp3) is 0.435. The summed E-state index contributed by atoms with van der Waals surface area (Å²) in [5.41, 5.74) is 3.73. The lowest BCUT2D eigenvalue weighted by atomic mass is 9.87. The number of rotatable bonds is 4. The molecule has 0 spiro atoms. The van der Waals surface area contributed by atoms with E-state index in [1.807, 2.05) is 17.0 Å². The highest BCUT2D eigenvalue weighted by Crippen LogP contribution is 2.26. The molecule has 3 heterocycles. The molecule has 0 unspecified atom stereocenters. The summed E-state index contributed by atoms with van der Waals surface area (Å²) in [7, 11) is 0. The fourth-order valence-corrected chi connectivity index (χ4v) is 3.71. The number of nitrogens with one attached hydrogen (secondary N) is 1. The number of hydrogen-bond donors (Lipinski definition) is 1. The third kappa shape index (κ3) is 4.48. The van der Waals surface area contributed by atoms with Gasteiger partial charge < -0.3 is 14.6 Å². The molecule has 1 N–H and O–H groups in total. The number of carbonyl (C=O) groups excluding carboxylic acids is 1. The van der Waals surface area contributed by atoms with Gasteiger partial charge in [-0.15, -0.1) is 0 Å². The Balaban J connectivity index is 1.32. The van der Waals surface area contributed by atoms with Gasteiger partial charge in [-0.1, -0.05) is 26.8 Å². The molecule has 1 amide bonds. The zero-order valence-corrected chi connectivity index (χ0v) is 17.3. The quantitative estimate of drug-likeness (QED) is 0.729. The molecular formula is C23H28N4O2. The van der Waals surface area contributed by atoms with Crippen molar-refractivity contribution in [1.29, 1.82) is 0 Å². The number of aromatic nitrogens is 2. The smallest absolute Gasteiger partial charge is 0.255 e. The van der Waals surface area contributed by atoms with Gasteiger partial charge in [0.15, 0.2) is 5.58 Å². The van der Waals surface area contributed by atoms with E-state index in [2.05, 4.69) is 48.2 Å². The first-order valence-electron chi connectivity index (χ1n) is 10.2. The van der Waals surface area contributed by atoms with E-state index in [0.717, 1.165) is 37.0 Å². The van der Waals surface area contributed by atoms with Crippen molar-refractivity contribution in [2.24, 2.45) is 0 Å². The summed E-state index contributed by atoms with van der Waals surface area (Å²) in [6.07, 6.45) is 5.15. The molecule has 29 heavy (non-hydrogen) atoms. The lowest BCUT2D eigenvalue weighted by Crippen LogP contribution is -2.44. The molecule has 0 radical (unpaired) electrons. The molecule has 0 saturated carbocycles. The number of fused-ring (bicyclic) bond motifs is 1. The van der Waals surface area contributed by atoms with Crippen molar-refractivity contribution >= 4 is 17.0 Å². The first-order chi connectivity index (χ1) is 13.9. The van der Waals surface area contributed by atoms with Crippen LogP contribution in [0.25, 0.3) is 11.1 Å².